The van der Waals surface area contributed by atoms with E-state index in [2.05, 4.69) is 10.1 Å². The number of carbonyl (C=O) groups is 2. The molecular weight excluding hydrogens is 272 g/mol. The molecule has 0 aliphatic heterocycles. The van der Waals surface area contributed by atoms with Crippen LogP contribution < -0.4 is 11.5 Å². The van der Waals surface area contributed by atoms with Gasteiger partial charge >= 0.3 is 5.97 Å². The minimum Gasteiger partial charge on any atom is -0.478 e. The van der Waals surface area contributed by atoms with Crippen LogP contribution in [0.15, 0.2) is 10.5 Å². The number of primary amides is 1. The van der Waals surface area contributed by atoms with Crippen molar-refractivity contribution >= 4 is 34.1 Å². The summed E-state index contributed by atoms with van der Waals surface area (Å²) in [5.74, 6) is -1.96. The second kappa shape index (κ2) is 4.84. The smallest absolute Gasteiger partial charge is 0.350 e. The number of nitrogens with two attached hydrogens (primary N) is 2. The summed E-state index contributed by atoms with van der Waals surface area (Å²) in [6.07, 6.45) is 1.42. The molecule has 0 unspecified atom stereocenters. The molecule has 1 aromatic heterocycles. The minimum atomic E-state index is -1.36. The van der Waals surface area contributed by atoms with E-state index >= 15 is 0 Å². The highest BCUT2D eigenvalue weighted by Gasteiger charge is 2.48. The Morgan fingerprint density at radius 1 is 1.53 bits per heavy atom. The number of oxime groups is 1. The molecule has 1 fully saturated rings. The fraction of sp³-hybridized carbons (Fsp3) is 0.400. The molecule has 19 heavy (non-hydrogen) atoms. The third-order valence-electron chi connectivity index (χ3n) is 2.86. The molecule has 1 aromatic rings. The number of rotatable bonds is 5. The molecule has 1 saturated carbocycles. The normalized spacial score (nSPS) is 17.6. The zero-order chi connectivity index (χ0) is 14.0. The van der Waals surface area contributed by atoms with E-state index in [0.29, 0.717) is 12.8 Å². The zero-order valence-electron chi connectivity index (χ0n) is 9.83. The molecule has 0 bridgehead atoms. The Bertz CT molecular complexity index is 549. The summed E-state index contributed by atoms with van der Waals surface area (Å²) in [7, 11) is 0. The molecule has 5 N–H and O–H groups in total. The van der Waals surface area contributed by atoms with E-state index in [1.54, 1.807) is 0 Å². The Morgan fingerprint density at radius 2 is 2.21 bits per heavy atom. The number of aliphatic carboxylic acids is 1. The van der Waals surface area contributed by atoms with Gasteiger partial charge in [-0.1, -0.05) is 5.16 Å². The van der Waals surface area contributed by atoms with E-state index in [4.69, 9.17) is 21.4 Å². The summed E-state index contributed by atoms with van der Waals surface area (Å²) in [6, 6.07) is 0. The molecule has 0 aromatic carbocycles. The van der Waals surface area contributed by atoms with Gasteiger partial charge in [-0.3, -0.25) is 4.79 Å². The van der Waals surface area contributed by atoms with Crippen molar-refractivity contribution < 1.29 is 19.5 Å². The fourth-order valence-electron chi connectivity index (χ4n) is 1.59. The van der Waals surface area contributed by atoms with E-state index < -0.39 is 17.5 Å². The predicted molar refractivity (Wildman–Crippen MR) is 67.6 cm³/mol. The molecule has 1 amide bonds. The number of carboxylic acids is 1. The first-order valence-electron chi connectivity index (χ1n) is 5.45. The maximum absolute atomic E-state index is 11.3. The van der Waals surface area contributed by atoms with Crippen molar-refractivity contribution in [1.29, 1.82) is 0 Å². The number of hydrogen-bond donors (Lipinski definition) is 3. The van der Waals surface area contributed by atoms with E-state index in [9.17, 15) is 9.59 Å². The Balaban J connectivity index is 2.23. The highest BCUT2D eigenvalue weighted by atomic mass is 32.1. The first kappa shape index (κ1) is 13.3. The second-order valence-electron chi connectivity index (χ2n) is 4.12. The van der Waals surface area contributed by atoms with Crippen molar-refractivity contribution in [3.63, 3.8) is 0 Å². The van der Waals surface area contributed by atoms with Crippen molar-refractivity contribution in [2.75, 3.05) is 5.73 Å². The summed E-state index contributed by atoms with van der Waals surface area (Å²) in [6.45, 7) is 0. The summed E-state index contributed by atoms with van der Waals surface area (Å²) in [4.78, 5) is 31.3. The lowest BCUT2D eigenvalue weighted by molar-refractivity contribution is -0.178. The van der Waals surface area contributed by atoms with Crippen LogP contribution in [0.5, 0.6) is 0 Å². The molecule has 1 aliphatic carbocycles. The van der Waals surface area contributed by atoms with Gasteiger partial charge in [0, 0.05) is 18.2 Å². The first-order chi connectivity index (χ1) is 8.94. The number of carbonyl (C=O) groups excluding carboxylic acids is 1. The maximum atomic E-state index is 11.3. The number of nitrogens with zero attached hydrogens (tertiary/aromatic N) is 2. The first-order valence-corrected chi connectivity index (χ1v) is 6.33. The van der Waals surface area contributed by atoms with Gasteiger partial charge < -0.3 is 21.4 Å². The Labute approximate surface area is 112 Å². The summed E-state index contributed by atoms with van der Waals surface area (Å²) in [5, 5.41) is 14.4. The fourth-order valence-corrected chi connectivity index (χ4v) is 2.14. The van der Waals surface area contributed by atoms with Crippen LogP contribution in [0, 0.1) is 0 Å². The molecule has 102 valence electrons. The van der Waals surface area contributed by atoms with Gasteiger partial charge in [0.25, 0.3) is 5.91 Å². The van der Waals surface area contributed by atoms with Crippen LogP contribution in [-0.2, 0) is 14.4 Å². The lowest BCUT2D eigenvalue weighted by atomic mass is 9.80. The number of amides is 1. The van der Waals surface area contributed by atoms with E-state index in [0.717, 1.165) is 17.8 Å². The highest BCUT2D eigenvalue weighted by molar-refractivity contribution is 7.13. The second-order valence-corrected chi connectivity index (χ2v) is 5.01. The topological polar surface area (TPSA) is 141 Å². The average Bonchev–Trinajstić information content (AvgIpc) is 2.67. The third-order valence-corrected chi connectivity index (χ3v) is 3.53. The lowest BCUT2D eigenvalue weighted by Crippen LogP contribution is -2.47. The monoisotopic (exact) mass is 284 g/mol. The third kappa shape index (κ3) is 2.50. The predicted octanol–water partition coefficient (Wildman–Crippen LogP) is -0.0614. The quantitative estimate of drug-likeness (QED) is 0.511. The number of anilines is 1. The van der Waals surface area contributed by atoms with Crippen LogP contribution in [0.4, 0.5) is 5.13 Å². The van der Waals surface area contributed by atoms with Gasteiger partial charge in [0.2, 0.25) is 5.60 Å². The van der Waals surface area contributed by atoms with Gasteiger partial charge in [0.1, 0.15) is 5.69 Å². The van der Waals surface area contributed by atoms with E-state index in [-0.39, 0.29) is 16.5 Å². The summed E-state index contributed by atoms with van der Waals surface area (Å²) in [5.41, 5.74) is 9.20. The van der Waals surface area contributed by atoms with Crippen molar-refractivity contribution in [3.8, 4) is 0 Å². The summed E-state index contributed by atoms with van der Waals surface area (Å²) < 4.78 is 0. The van der Waals surface area contributed by atoms with Crippen LogP contribution in [0.3, 0.4) is 0 Å². The maximum Gasteiger partial charge on any atom is 0.350 e. The minimum absolute atomic E-state index is 0.176. The molecule has 0 spiro atoms. The molecule has 0 radical (unpaired) electrons. The van der Waals surface area contributed by atoms with Gasteiger partial charge in [0.15, 0.2) is 10.8 Å². The number of nitrogen functional groups attached to an aromatic ring is 1. The molecule has 2 rings (SSSR count). The summed E-state index contributed by atoms with van der Waals surface area (Å²) >= 11 is 1.12. The van der Waals surface area contributed by atoms with Gasteiger partial charge in [-0.15, -0.1) is 11.3 Å². The van der Waals surface area contributed by atoms with Crippen LogP contribution >= 0.6 is 11.3 Å². The molecule has 1 heterocycles. The standard InChI is InChI=1S/C10H12N4O4S/c11-7(15)6(5-4-19-9(12)13-5)14-18-10(8(16)17)2-1-3-10/h4H,1-3H2,(H2,11,15)(H2,12,13)(H,16,17)/b14-6-. The Morgan fingerprint density at radius 3 is 2.58 bits per heavy atom. The van der Waals surface area contributed by atoms with Crippen molar-refractivity contribution in [1.82, 2.24) is 4.98 Å². The van der Waals surface area contributed by atoms with Crippen molar-refractivity contribution in [3.05, 3.63) is 11.1 Å². The van der Waals surface area contributed by atoms with Crippen LogP contribution in [-0.4, -0.2) is 33.3 Å². The molecule has 9 heteroatoms. The van der Waals surface area contributed by atoms with Gasteiger partial charge in [-0.2, -0.15) is 0 Å². The number of carboxylic acid groups (broad SMARTS) is 1. The van der Waals surface area contributed by atoms with E-state index in [1.165, 1.54) is 5.38 Å². The van der Waals surface area contributed by atoms with Crippen molar-refractivity contribution in [2.24, 2.45) is 10.9 Å². The highest BCUT2D eigenvalue weighted by Crippen LogP contribution is 2.36. The van der Waals surface area contributed by atoms with Crippen LogP contribution in [0.2, 0.25) is 0 Å². The number of thiazole rings is 1. The largest absolute Gasteiger partial charge is 0.478 e. The SMILES string of the molecule is NC(=O)/C(=N\OC1(C(=O)O)CCC1)c1csc(N)n1. The van der Waals surface area contributed by atoms with Crippen molar-refractivity contribution in [2.45, 2.75) is 24.9 Å². The van der Waals surface area contributed by atoms with Crippen LogP contribution in [0.1, 0.15) is 25.0 Å². The van der Waals surface area contributed by atoms with Gasteiger partial charge in [-0.25, -0.2) is 9.78 Å². The van der Waals surface area contributed by atoms with E-state index in [1.807, 2.05) is 0 Å². The molecular formula is C10H12N4O4S. The molecule has 0 saturated heterocycles. The Hall–Kier alpha value is -2.16. The molecule has 1 aliphatic rings. The molecule has 8 nitrogen and oxygen atoms in total. The zero-order valence-corrected chi connectivity index (χ0v) is 10.6. The van der Waals surface area contributed by atoms with Gasteiger partial charge in [-0.05, 0) is 6.42 Å². The number of aromatic nitrogens is 1. The number of hydrogen-bond acceptors (Lipinski definition) is 7. The lowest BCUT2D eigenvalue weighted by Gasteiger charge is -2.34. The Kier molecular flexibility index (Phi) is 3.38. The average molecular weight is 284 g/mol. The van der Waals surface area contributed by atoms with Gasteiger partial charge in [0.05, 0.1) is 0 Å². The molecule has 0 atom stereocenters. The van der Waals surface area contributed by atoms with Crippen LogP contribution in [0.25, 0.3) is 0 Å².